The summed E-state index contributed by atoms with van der Waals surface area (Å²) in [4.78, 5) is 1.25. The van der Waals surface area contributed by atoms with Gasteiger partial charge in [-0.15, -0.1) is 11.3 Å². The lowest BCUT2D eigenvalue weighted by molar-refractivity contribution is 0.411. The molecule has 1 fully saturated rings. The normalized spacial score (nSPS) is 19.4. The smallest absolute Gasteiger partial charge is 0.0931 e. The lowest BCUT2D eigenvalue weighted by Gasteiger charge is -2.18. The van der Waals surface area contributed by atoms with Crippen LogP contribution in [-0.4, -0.2) is 0 Å². The minimum atomic E-state index is -0.0891. The summed E-state index contributed by atoms with van der Waals surface area (Å²) in [6.45, 7) is 0. The lowest BCUT2D eigenvalue weighted by Crippen LogP contribution is -2.16. The Hall–Kier alpha value is -0.520. The van der Waals surface area contributed by atoms with Crippen molar-refractivity contribution in [1.29, 1.82) is 5.26 Å². The molecule has 0 aromatic carbocycles. The first-order chi connectivity index (χ1) is 6.74. The van der Waals surface area contributed by atoms with E-state index in [1.807, 2.05) is 12.1 Å². The van der Waals surface area contributed by atoms with E-state index < -0.39 is 0 Å². The van der Waals surface area contributed by atoms with Crippen LogP contribution >= 0.6 is 22.9 Å². The van der Waals surface area contributed by atoms with E-state index in [0.717, 1.165) is 23.6 Å². The van der Waals surface area contributed by atoms with E-state index >= 15 is 0 Å². The molecular formula is C11H12ClNS. The van der Waals surface area contributed by atoms with Crippen molar-refractivity contribution in [2.24, 2.45) is 5.41 Å². The minimum Gasteiger partial charge on any atom is -0.198 e. The molecule has 0 spiro atoms. The van der Waals surface area contributed by atoms with E-state index in [1.165, 1.54) is 17.7 Å². The fraction of sp³-hybridized carbons (Fsp3) is 0.545. The molecule has 2 rings (SSSR count). The highest BCUT2D eigenvalue weighted by molar-refractivity contribution is 7.16. The van der Waals surface area contributed by atoms with Gasteiger partial charge in [0.15, 0.2) is 0 Å². The van der Waals surface area contributed by atoms with Gasteiger partial charge in [0.1, 0.15) is 0 Å². The van der Waals surface area contributed by atoms with Gasteiger partial charge in [-0.05, 0) is 25.0 Å². The summed E-state index contributed by atoms with van der Waals surface area (Å²) in [7, 11) is 0. The third kappa shape index (κ3) is 1.94. The SMILES string of the molecule is N#CC1(Cc2ccc(Cl)s2)CCCC1. The number of halogens is 1. The van der Waals surface area contributed by atoms with Crippen molar-refractivity contribution >= 4 is 22.9 Å². The first kappa shape index (κ1) is 10.0. The average molecular weight is 226 g/mol. The molecule has 3 heteroatoms. The van der Waals surface area contributed by atoms with Gasteiger partial charge in [-0.2, -0.15) is 5.26 Å². The molecule has 0 atom stereocenters. The summed E-state index contributed by atoms with van der Waals surface area (Å²) in [6, 6.07) is 6.46. The molecular weight excluding hydrogens is 214 g/mol. The molecule has 1 heterocycles. The first-order valence-corrected chi connectivity index (χ1v) is 6.09. The van der Waals surface area contributed by atoms with Crippen molar-refractivity contribution in [3.63, 3.8) is 0 Å². The predicted octanol–water partition coefficient (Wildman–Crippen LogP) is 4.03. The third-order valence-corrected chi connectivity index (χ3v) is 4.17. The molecule has 0 bridgehead atoms. The summed E-state index contributed by atoms with van der Waals surface area (Å²) in [6.07, 6.45) is 5.40. The first-order valence-electron chi connectivity index (χ1n) is 4.90. The van der Waals surface area contributed by atoms with Gasteiger partial charge >= 0.3 is 0 Å². The Kier molecular flexibility index (Phi) is 2.80. The van der Waals surface area contributed by atoms with Crippen molar-refractivity contribution in [3.8, 4) is 6.07 Å². The van der Waals surface area contributed by atoms with Crippen LogP contribution in [0.1, 0.15) is 30.6 Å². The lowest BCUT2D eigenvalue weighted by atomic mass is 9.84. The highest BCUT2D eigenvalue weighted by Gasteiger charge is 2.34. The van der Waals surface area contributed by atoms with Gasteiger partial charge in [0, 0.05) is 11.3 Å². The van der Waals surface area contributed by atoms with E-state index in [1.54, 1.807) is 11.3 Å². The molecule has 74 valence electrons. The molecule has 1 saturated carbocycles. The quantitative estimate of drug-likeness (QED) is 0.746. The zero-order valence-corrected chi connectivity index (χ0v) is 9.50. The van der Waals surface area contributed by atoms with Gasteiger partial charge in [0.2, 0.25) is 0 Å². The van der Waals surface area contributed by atoms with Crippen molar-refractivity contribution in [1.82, 2.24) is 0 Å². The maximum Gasteiger partial charge on any atom is 0.0931 e. The molecule has 1 aliphatic rings. The van der Waals surface area contributed by atoms with Crippen LogP contribution < -0.4 is 0 Å². The molecule has 0 amide bonds. The second-order valence-electron chi connectivity index (χ2n) is 3.98. The minimum absolute atomic E-state index is 0.0891. The van der Waals surface area contributed by atoms with Crippen LogP contribution in [0.4, 0.5) is 0 Å². The summed E-state index contributed by atoms with van der Waals surface area (Å²) in [5, 5.41) is 9.21. The average Bonchev–Trinajstić information content (AvgIpc) is 2.77. The van der Waals surface area contributed by atoms with Crippen molar-refractivity contribution in [3.05, 3.63) is 21.3 Å². The van der Waals surface area contributed by atoms with Crippen LogP contribution in [-0.2, 0) is 6.42 Å². The number of hydrogen-bond acceptors (Lipinski definition) is 2. The highest BCUT2D eigenvalue weighted by atomic mass is 35.5. The molecule has 0 saturated heterocycles. The molecule has 1 aromatic rings. The van der Waals surface area contributed by atoms with Crippen molar-refractivity contribution < 1.29 is 0 Å². The summed E-state index contributed by atoms with van der Waals surface area (Å²) in [5.74, 6) is 0. The Labute approximate surface area is 93.3 Å². The predicted molar refractivity (Wildman–Crippen MR) is 59.5 cm³/mol. The van der Waals surface area contributed by atoms with Crippen LogP contribution in [0.15, 0.2) is 12.1 Å². The third-order valence-electron chi connectivity index (χ3n) is 2.94. The van der Waals surface area contributed by atoms with E-state index in [4.69, 9.17) is 11.6 Å². The molecule has 14 heavy (non-hydrogen) atoms. The van der Waals surface area contributed by atoms with E-state index in [9.17, 15) is 5.26 Å². The van der Waals surface area contributed by atoms with E-state index in [0.29, 0.717) is 0 Å². The second-order valence-corrected chi connectivity index (χ2v) is 5.78. The molecule has 0 N–H and O–H groups in total. The van der Waals surface area contributed by atoms with Gasteiger partial charge < -0.3 is 0 Å². The molecule has 1 nitrogen and oxygen atoms in total. The molecule has 0 radical (unpaired) electrons. The molecule has 0 unspecified atom stereocenters. The zero-order valence-electron chi connectivity index (χ0n) is 7.92. The Morgan fingerprint density at radius 2 is 2.14 bits per heavy atom. The summed E-state index contributed by atoms with van der Waals surface area (Å²) in [5.41, 5.74) is -0.0891. The number of nitriles is 1. The number of hydrogen-bond donors (Lipinski definition) is 0. The standard InChI is InChI=1S/C11H12ClNS/c12-10-4-3-9(14-10)7-11(8-13)5-1-2-6-11/h3-4H,1-2,5-7H2. The monoisotopic (exact) mass is 225 g/mol. The Morgan fingerprint density at radius 3 is 2.64 bits per heavy atom. The number of nitrogens with zero attached hydrogens (tertiary/aromatic N) is 1. The highest BCUT2D eigenvalue weighted by Crippen LogP contribution is 2.41. The molecule has 1 aliphatic carbocycles. The van der Waals surface area contributed by atoms with Crippen LogP contribution in [0.2, 0.25) is 4.34 Å². The Bertz CT molecular complexity index is 358. The van der Waals surface area contributed by atoms with Crippen LogP contribution in [0.25, 0.3) is 0 Å². The summed E-state index contributed by atoms with van der Waals surface area (Å²) < 4.78 is 0.825. The van der Waals surface area contributed by atoms with Gasteiger partial charge in [-0.3, -0.25) is 0 Å². The number of thiophene rings is 1. The maximum absolute atomic E-state index is 9.21. The number of rotatable bonds is 2. The van der Waals surface area contributed by atoms with Crippen LogP contribution in [0, 0.1) is 16.7 Å². The topological polar surface area (TPSA) is 23.8 Å². The van der Waals surface area contributed by atoms with Gasteiger partial charge in [-0.1, -0.05) is 24.4 Å². The fourth-order valence-electron chi connectivity index (χ4n) is 2.16. The van der Waals surface area contributed by atoms with Crippen LogP contribution in [0.3, 0.4) is 0 Å². The van der Waals surface area contributed by atoms with Crippen molar-refractivity contribution in [2.75, 3.05) is 0 Å². The summed E-state index contributed by atoms with van der Waals surface area (Å²) >= 11 is 7.47. The largest absolute Gasteiger partial charge is 0.198 e. The maximum atomic E-state index is 9.21. The van der Waals surface area contributed by atoms with Gasteiger partial charge in [-0.25, -0.2) is 0 Å². The molecule has 1 aromatic heterocycles. The Morgan fingerprint density at radius 1 is 1.43 bits per heavy atom. The van der Waals surface area contributed by atoms with E-state index in [2.05, 4.69) is 6.07 Å². The van der Waals surface area contributed by atoms with Gasteiger partial charge in [0.25, 0.3) is 0 Å². The second kappa shape index (κ2) is 3.92. The zero-order chi connectivity index (χ0) is 10.0. The Balaban J connectivity index is 2.13. The van der Waals surface area contributed by atoms with Crippen molar-refractivity contribution in [2.45, 2.75) is 32.1 Å². The molecule has 0 aliphatic heterocycles. The van der Waals surface area contributed by atoms with Gasteiger partial charge in [0.05, 0.1) is 15.8 Å². The van der Waals surface area contributed by atoms with Crippen LogP contribution in [0.5, 0.6) is 0 Å². The van der Waals surface area contributed by atoms with E-state index in [-0.39, 0.29) is 5.41 Å². The fourth-order valence-corrected chi connectivity index (χ4v) is 3.39.